The van der Waals surface area contributed by atoms with E-state index in [4.69, 9.17) is 9.47 Å². The molecule has 2 N–H and O–H groups in total. The normalized spacial score (nSPS) is 33.3. The topological polar surface area (TPSA) is 58.9 Å². The molecule has 2 saturated carbocycles. The minimum atomic E-state index is -0.315. The summed E-state index contributed by atoms with van der Waals surface area (Å²) in [6.45, 7) is 2.89. The first-order valence-electron chi connectivity index (χ1n) is 12.4. The minimum Gasteiger partial charge on any atom is -0.454 e. The second kappa shape index (κ2) is 7.78. The van der Waals surface area contributed by atoms with Gasteiger partial charge in [-0.05, 0) is 108 Å². The van der Waals surface area contributed by atoms with Crippen LogP contribution in [0.4, 0.5) is 0 Å². The molecule has 1 unspecified atom stereocenters. The lowest BCUT2D eigenvalue weighted by Crippen LogP contribution is -2.45. The quantitative estimate of drug-likeness (QED) is 0.712. The van der Waals surface area contributed by atoms with E-state index >= 15 is 0 Å². The molecular weight excluding hydrogens is 400 g/mol. The first-order chi connectivity index (χ1) is 15.6. The van der Waals surface area contributed by atoms with Crippen LogP contribution in [0.15, 0.2) is 36.4 Å². The SMILES string of the molecule is C[C@]12CC[C@@H]3c4ccc(CO)cc4CC[C@H]3[C@@H]1CC[C@@H]2C(O)Cc1ccc2c(c1)OCO2. The van der Waals surface area contributed by atoms with Gasteiger partial charge < -0.3 is 19.7 Å². The predicted octanol–water partition coefficient (Wildman–Crippen LogP) is 4.98. The third kappa shape index (κ3) is 3.18. The Morgan fingerprint density at radius 3 is 2.72 bits per heavy atom. The molecule has 0 bridgehead atoms. The van der Waals surface area contributed by atoms with E-state index in [0.717, 1.165) is 41.4 Å². The Balaban J connectivity index is 1.21. The number of rotatable bonds is 4. The molecule has 0 saturated heterocycles. The standard InChI is InChI=1S/C28H34O4/c1-28-11-10-21-20-5-2-18(15-29)12-19(20)4-6-22(21)23(28)7-8-24(28)25(30)13-17-3-9-26-27(14-17)32-16-31-26/h2-3,5,9,12,14,21-25,29-30H,4,6-8,10-11,13,15-16H2,1H3/t21-,22-,23+,24-,25?,28+/m1/s1. The van der Waals surface area contributed by atoms with Crippen molar-refractivity contribution in [3.8, 4) is 11.5 Å². The van der Waals surface area contributed by atoms with Crippen molar-refractivity contribution in [1.82, 2.24) is 0 Å². The average Bonchev–Trinajstić information content (AvgIpc) is 3.41. The maximum atomic E-state index is 11.4. The Hall–Kier alpha value is -2.04. The van der Waals surface area contributed by atoms with Crippen LogP contribution in [0.1, 0.15) is 67.2 Å². The molecule has 4 heteroatoms. The molecule has 0 amide bonds. The van der Waals surface area contributed by atoms with Crippen molar-refractivity contribution in [3.05, 3.63) is 58.7 Å². The number of ether oxygens (including phenoxy) is 2. The van der Waals surface area contributed by atoms with Gasteiger partial charge in [-0.15, -0.1) is 0 Å². The molecule has 0 spiro atoms. The van der Waals surface area contributed by atoms with Crippen molar-refractivity contribution in [1.29, 1.82) is 0 Å². The fourth-order valence-corrected chi connectivity index (χ4v) is 7.86. The second-order valence-corrected chi connectivity index (χ2v) is 10.8. The van der Waals surface area contributed by atoms with Crippen LogP contribution in [0.5, 0.6) is 11.5 Å². The maximum absolute atomic E-state index is 11.4. The molecule has 2 aromatic rings. The molecule has 4 nitrogen and oxygen atoms in total. The Labute approximate surface area is 190 Å². The van der Waals surface area contributed by atoms with E-state index < -0.39 is 0 Å². The third-order valence-corrected chi connectivity index (χ3v) is 9.39. The summed E-state index contributed by atoms with van der Waals surface area (Å²) in [5.41, 5.74) is 5.38. The van der Waals surface area contributed by atoms with Gasteiger partial charge in [-0.1, -0.05) is 31.2 Å². The Morgan fingerprint density at radius 2 is 1.84 bits per heavy atom. The number of hydrogen-bond donors (Lipinski definition) is 2. The summed E-state index contributed by atoms with van der Waals surface area (Å²) in [4.78, 5) is 0. The van der Waals surface area contributed by atoms with Crippen LogP contribution in [0.25, 0.3) is 0 Å². The summed E-state index contributed by atoms with van der Waals surface area (Å²) in [7, 11) is 0. The summed E-state index contributed by atoms with van der Waals surface area (Å²) in [6, 6.07) is 12.7. The predicted molar refractivity (Wildman–Crippen MR) is 123 cm³/mol. The third-order valence-electron chi connectivity index (χ3n) is 9.39. The summed E-state index contributed by atoms with van der Waals surface area (Å²) in [5.74, 6) is 4.03. The van der Waals surface area contributed by atoms with E-state index in [1.807, 2.05) is 12.1 Å². The van der Waals surface area contributed by atoms with Crippen molar-refractivity contribution >= 4 is 0 Å². The van der Waals surface area contributed by atoms with Gasteiger partial charge in [-0.25, -0.2) is 0 Å². The van der Waals surface area contributed by atoms with Gasteiger partial charge in [0.05, 0.1) is 12.7 Å². The Kier molecular flexibility index (Phi) is 5.00. The van der Waals surface area contributed by atoms with Crippen molar-refractivity contribution in [2.24, 2.45) is 23.2 Å². The van der Waals surface area contributed by atoms with Gasteiger partial charge in [0.15, 0.2) is 11.5 Å². The highest BCUT2D eigenvalue weighted by Crippen LogP contribution is 2.63. The van der Waals surface area contributed by atoms with E-state index in [1.165, 1.54) is 36.8 Å². The highest BCUT2D eigenvalue weighted by molar-refractivity contribution is 5.44. The van der Waals surface area contributed by atoms with E-state index in [9.17, 15) is 10.2 Å². The minimum absolute atomic E-state index is 0.130. The fraction of sp³-hybridized carbons (Fsp3) is 0.571. The van der Waals surface area contributed by atoms with Crippen molar-refractivity contribution in [2.45, 2.75) is 70.5 Å². The molecule has 3 aliphatic carbocycles. The van der Waals surface area contributed by atoms with Crippen LogP contribution in [0, 0.1) is 23.2 Å². The summed E-state index contributed by atoms with van der Waals surface area (Å²) in [5, 5.41) is 20.9. The average molecular weight is 435 g/mol. The molecule has 32 heavy (non-hydrogen) atoms. The van der Waals surface area contributed by atoms with Gasteiger partial charge in [0, 0.05) is 0 Å². The summed E-state index contributed by atoms with van der Waals surface area (Å²) < 4.78 is 11.0. The number of fused-ring (bicyclic) bond motifs is 6. The Bertz CT molecular complexity index is 1020. The zero-order valence-electron chi connectivity index (χ0n) is 18.9. The molecular formula is C28H34O4. The van der Waals surface area contributed by atoms with E-state index in [0.29, 0.717) is 24.2 Å². The van der Waals surface area contributed by atoms with Crippen LogP contribution in [0.2, 0.25) is 0 Å². The number of aryl methyl sites for hydroxylation is 1. The lowest BCUT2D eigenvalue weighted by atomic mass is 9.53. The zero-order valence-corrected chi connectivity index (χ0v) is 18.9. The summed E-state index contributed by atoms with van der Waals surface area (Å²) >= 11 is 0. The van der Waals surface area contributed by atoms with Crippen molar-refractivity contribution < 1.29 is 19.7 Å². The van der Waals surface area contributed by atoms with Crippen LogP contribution in [-0.4, -0.2) is 23.1 Å². The van der Waals surface area contributed by atoms with Gasteiger partial charge in [0.2, 0.25) is 6.79 Å². The molecule has 4 aliphatic rings. The molecule has 1 heterocycles. The zero-order chi connectivity index (χ0) is 21.9. The van der Waals surface area contributed by atoms with Gasteiger partial charge in [-0.3, -0.25) is 0 Å². The molecule has 170 valence electrons. The first-order valence-corrected chi connectivity index (χ1v) is 12.4. The van der Waals surface area contributed by atoms with Crippen LogP contribution < -0.4 is 9.47 Å². The lowest BCUT2D eigenvalue weighted by molar-refractivity contribution is -0.0239. The van der Waals surface area contributed by atoms with Crippen molar-refractivity contribution in [3.63, 3.8) is 0 Å². The number of benzene rings is 2. The highest BCUT2D eigenvalue weighted by Gasteiger charge is 2.56. The van der Waals surface area contributed by atoms with Gasteiger partial charge in [-0.2, -0.15) is 0 Å². The molecule has 2 fully saturated rings. The monoisotopic (exact) mass is 434 g/mol. The molecule has 0 radical (unpaired) electrons. The Morgan fingerprint density at radius 1 is 1.00 bits per heavy atom. The molecule has 6 rings (SSSR count). The van der Waals surface area contributed by atoms with Gasteiger partial charge in [0.1, 0.15) is 0 Å². The second-order valence-electron chi connectivity index (χ2n) is 10.8. The smallest absolute Gasteiger partial charge is 0.231 e. The maximum Gasteiger partial charge on any atom is 0.231 e. The van der Waals surface area contributed by atoms with Gasteiger partial charge >= 0.3 is 0 Å². The van der Waals surface area contributed by atoms with Gasteiger partial charge in [0.25, 0.3) is 0 Å². The van der Waals surface area contributed by atoms with Crippen LogP contribution in [0.3, 0.4) is 0 Å². The molecule has 2 aromatic carbocycles. The number of aliphatic hydroxyl groups excluding tert-OH is 2. The van der Waals surface area contributed by atoms with E-state index in [2.05, 4.69) is 31.2 Å². The highest BCUT2D eigenvalue weighted by atomic mass is 16.7. The largest absolute Gasteiger partial charge is 0.454 e. The number of hydrogen-bond acceptors (Lipinski definition) is 4. The number of aliphatic hydroxyl groups is 2. The van der Waals surface area contributed by atoms with E-state index in [-0.39, 0.29) is 24.9 Å². The molecule has 6 atom stereocenters. The van der Waals surface area contributed by atoms with Crippen molar-refractivity contribution in [2.75, 3.05) is 6.79 Å². The summed E-state index contributed by atoms with van der Waals surface area (Å²) in [6.07, 6.45) is 7.53. The lowest BCUT2D eigenvalue weighted by Gasteiger charge is -2.51. The first kappa shape index (κ1) is 20.6. The molecule has 0 aromatic heterocycles. The van der Waals surface area contributed by atoms with Crippen LogP contribution in [-0.2, 0) is 19.4 Å². The van der Waals surface area contributed by atoms with Crippen LogP contribution >= 0.6 is 0 Å². The molecule has 1 aliphatic heterocycles. The fourth-order valence-electron chi connectivity index (χ4n) is 7.86. The van der Waals surface area contributed by atoms with E-state index in [1.54, 1.807) is 0 Å².